The van der Waals surface area contributed by atoms with E-state index >= 15 is 0 Å². The van der Waals surface area contributed by atoms with Crippen molar-refractivity contribution in [1.29, 1.82) is 0 Å². The summed E-state index contributed by atoms with van der Waals surface area (Å²) >= 11 is 6.17. The Hall–Kier alpha value is -1.80. The summed E-state index contributed by atoms with van der Waals surface area (Å²) in [6, 6.07) is 15.9. The molecule has 0 saturated heterocycles. The Morgan fingerprint density at radius 2 is 1.85 bits per heavy atom. The molecule has 1 atom stereocenters. The smallest absolute Gasteiger partial charge is 0.227 e. The van der Waals surface area contributed by atoms with Crippen molar-refractivity contribution in [1.82, 2.24) is 0 Å². The molecule has 102 valence electrons. The highest BCUT2D eigenvalue weighted by Crippen LogP contribution is 2.45. The molecule has 1 amide bonds. The Bertz CT molecular complexity index is 668. The van der Waals surface area contributed by atoms with Crippen molar-refractivity contribution in [2.45, 2.75) is 18.8 Å². The fourth-order valence-corrected chi connectivity index (χ4v) is 3.13. The molecule has 0 spiro atoms. The van der Waals surface area contributed by atoms with Gasteiger partial charge in [0.2, 0.25) is 5.91 Å². The lowest BCUT2D eigenvalue weighted by Crippen LogP contribution is -2.41. The molecule has 2 aromatic carbocycles. The number of amides is 1. The van der Waals surface area contributed by atoms with Crippen LogP contribution in [0.4, 0.5) is 5.69 Å². The molecule has 3 heteroatoms. The summed E-state index contributed by atoms with van der Waals surface area (Å²) in [6.07, 6.45) is 0.459. The lowest BCUT2D eigenvalue weighted by Gasteiger charge is -2.39. The van der Waals surface area contributed by atoms with Crippen LogP contribution in [0.15, 0.2) is 48.5 Å². The molecule has 0 saturated carbocycles. The minimum absolute atomic E-state index is 0.131. The van der Waals surface area contributed by atoms with Crippen molar-refractivity contribution in [3.05, 3.63) is 64.7 Å². The third kappa shape index (κ3) is 1.92. The number of fused-ring (bicyclic) bond motifs is 1. The number of anilines is 1. The summed E-state index contributed by atoms with van der Waals surface area (Å²) in [5.41, 5.74) is 2.87. The number of benzene rings is 2. The van der Waals surface area contributed by atoms with E-state index in [1.54, 1.807) is 4.90 Å². The molecule has 0 aromatic heterocycles. The second kappa shape index (κ2) is 4.64. The maximum absolute atomic E-state index is 12.3. The third-order valence-electron chi connectivity index (χ3n) is 4.20. The average Bonchev–Trinajstić information content (AvgIpc) is 2.46. The van der Waals surface area contributed by atoms with Crippen LogP contribution < -0.4 is 4.90 Å². The molecule has 20 heavy (non-hydrogen) atoms. The highest BCUT2D eigenvalue weighted by atomic mass is 35.5. The van der Waals surface area contributed by atoms with Gasteiger partial charge in [0.1, 0.15) is 0 Å². The van der Waals surface area contributed by atoms with E-state index in [0.29, 0.717) is 11.4 Å². The maximum atomic E-state index is 12.3. The second-order valence-electron chi connectivity index (χ2n) is 5.49. The predicted molar refractivity (Wildman–Crippen MR) is 82.4 cm³/mol. The SMILES string of the molecule is CN1C(=O)CC(C)(c2ccccc2)c2cc(Cl)ccc21. The van der Waals surface area contributed by atoms with E-state index < -0.39 is 0 Å². The highest BCUT2D eigenvalue weighted by molar-refractivity contribution is 6.30. The van der Waals surface area contributed by atoms with Gasteiger partial charge in [0.15, 0.2) is 0 Å². The zero-order chi connectivity index (χ0) is 14.3. The van der Waals surface area contributed by atoms with Crippen LogP contribution >= 0.6 is 11.6 Å². The van der Waals surface area contributed by atoms with Crippen LogP contribution in [-0.4, -0.2) is 13.0 Å². The van der Waals surface area contributed by atoms with Crippen molar-refractivity contribution in [3.63, 3.8) is 0 Å². The summed E-state index contributed by atoms with van der Waals surface area (Å²) < 4.78 is 0. The largest absolute Gasteiger partial charge is 0.315 e. The summed E-state index contributed by atoms with van der Waals surface area (Å²) in [7, 11) is 1.82. The van der Waals surface area contributed by atoms with Crippen molar-refractivity contribution in [2.75, 3.05) is 11.9 Å². The van der Waals surface area contributed by atoms with Crippen LogP contribution in [0.2, 0.25) is 5.02 Å². The molecule has 3 rings (SSSR count). The van der Waals surface area contributed by atoms with Gasteiger partial charge in [-0.3, -0.25) is 4.79 Å². The first kappa shape index (κ1) is 13.2. The molecule has 0 aliphatic carbocycles. The number of nitrogens with zero attached hydrogens (tertiary/aromatic N) is 1. The molecule has 1 aliphatic heterocycles. The van der Waals surface area contributed by atoms with Crippen molar-refractivity contribution >= 4 is 23.2 Å². The van der Waals surface area contributed by atoms with Gasteiger partial charge in [-0.05, 0) is 29.3 Å². The molecule has 1 aliphatic rings. The summed E-state index contributed by atoms with van der Waals surface area (Å²) in [5.74, 6) is 0.131. The average molecular weight is 286 g/mol. The standard InChI is InChI=1S/C17H16ClNO/c1-17(12-6-4-3-5-7-12)11-16(20)19(2)15-9-8-13(18)10-14(15)17/h3-10H,11H2,1-2H3. The molecular formula is C17H16ClNO. The summed E-state index contributed by atoms with van der Waals surface area (Å²) in [4.78, 5) is 14.0. The van der Waals surface area contributed by atoms with E-state index in [1.165, 1.54) is 0 Å². The molecule has 0 bridgehead atoms. The number of rotatable bonds is 1. The van der Waals surface area contributed by atoms with Crippen LogP contribution in [0.5, 0.6) is 0 Å². The van der Waals surface area contributed by atoms with Gasteiger partial charge < -0.3 is 4.90 Å². The topological polar surface area (TPSA) is 20.3 Å². The summed E-state index contributed by atoms with van der Waals surface area (Å²) in [6.45, 7) is 2.11. The van der Waals surface area contributed by atoms with Crippen molar-refractivity contribution < 1.29 is 4.79 Å². The minimum atomic E-state index is -0.328. The van der Waals surface area contributed by atoms with E-state index in [-0.39, 0.29) is 11.3 Å². The number of carbonyl (C=O) groups is 1. The molecule has 2 nitrogen and oxygen atoms in total. The molecule has 1 unspecified atom stereocenters. The number of hydrogen-bond donors (Lipinski definition) is 0. The Morgan fingerprint density at radius 1 is 1.15 bits per heavy atom. The summed E-state index contributed by atoms with van der Waals surface area (Å²) in [5, 5.41) is 0.702. The lowest BCUT2D eigenvalue weighted by atomic mass is 9.71. The third-order valence-corrected chi connectivity index (χ3v) is 4.44. The molecule has 0 N–H and O–H groups in total. The normalized spacial score (nSPS) is 21.8. The van der Waals surface area contributed by atoms with Crippen molar-refractivity contribution in [3.8, 4) is 0 Å². The quantitative estimate of drug-likeness (QED) is 0.775. The van der Waals surface area contributed by atoms with Crippen LogP contribution in [-0.2, 0) is 10.2 Å². The first-order valence-electron chi connectivity index (χ1n) is 6.64. The minimum Gasteiger partial charge on any atom is -0.315 e. The Balaban J connectivity index is 2.26. The van der Waals surface area contributed by atoms with E-state index in [2.05, 4.69) is 19.1 Å². The second-order valence-corrected chi connectivity index (χ2v) is 5.93. The maximum Gasteiger partial charge on any atom is 0.227 e. The Kier molecular flexibility index (Phi) is 3.06. The van der Waals surface area contributed by atoms with Crippen LogP contribution in [0.1, 0.15) is 24.5 Å². The van der Waals surface area contributed by atoms with E-state index in [9.17, 15) is 4.79 Å². The zero-order valence-corrected chi connectivity index (χ0v) is 12.3. The van der Waals surface area contributed by atoms with Crippen LogP contribution in [0.25, 0.3) is 0 Å². The van der Waals surface area contributed by atoms with Gasteiger partial charge in [0.05, 0.1) is 0 Å². The number of halogens is 1. The molecular weight excluding hydrogens is 270 g/mol. The van der Waals surface area contributed by atoms with E-state index in [0.717, 1.165) is 16.8 Å². The zero-order valence-electron chi connectivity index (χ0n) is 11.6. The van der Waals surface area contributed by atoms with Crippen molar-refractivity contribution in [2.24, 2.45) is 0 Å². The highest BCUT2D eigenvalue weighted by Gasteiger charge is 2.39. The monoisotopic (exact) mass is 285 g/mol. The van der Waals surface area contributed by atoms with E-state index in [4.69, 9.17) is 11.6 Å². The van der Waals surface area contributed by atoms with Gasteiger partial charge in [-0.2, -0.15) is 0 Å². The first-order valence-corrected chi connectivity index (χ1v) is 7.02. The predicted octanol–water partition coefficient (Wildman–Crippen LogP) is 4.01. The fourth-order valence-electron chi connectivity index (χ4n) is 2.96. The van der Waals surface area contributed by atoms with Gasteiger partial charge in [-0.1, -0.05) is 48.9 Å². The van der Waals surface area contributed by atoms with Gasteiger partial charge in [-0.25, -0.2) is 0 Å². The first-order chi connectivity index (χ1) is 9.52. The lowest BCUT2D eigenvalue weighted by molar-refractivity contribution is -0.119. The Labute approximate surface area is 124 Å². The number of carbonyl (C=O) groups excluding carboxylic acids is 1. The van der Waals surface area contributed by atoms with Gasteiger partial charge in [-0.15, -0.1) is 0 Å². The van der Waals surface area contributed by atoms with Crippen LogP contribution in [0, 0.1) is 0 Å². The van der Waals surface area contributed by atoms with Gasteiger partial charge >= 0.3 is 0 Å². The van der Waals surface area contributed by atoms with E-state index in [1.807, 2.05) is 43.4 Å². The fraction of sp³-hybridized carbons (Fsp3) is 0.235. The molecule has 0 radical (unpaired) electrons. The molecule has 0 fully saturated rings. The Morgan fingerprint density at radius 3 is 2.55 bits per heavy atom. The molecule has 1 heterocycles. The molecule has 2 aromatic rings. The van der Waals surface area contributed by atoms with Gasteiger partial charge in [0.25, 0.3) is 0 Å². The number of hydrogen-bond acceptors (Lipinski definition) is 1. The van der Waals surface area contributed by atoms with Crippen LogP contribution in [0.3, 0.4) is 0 Å². The van der Waals surface area contributed by atoms with Gasteiger partial charge in [0, 0.05) is 29.6 Å².